The first-order chi connectivity index (χ1) is 12.5. The number of nitrogens with zero attached hydrogens (tertiary/aromatic N) is 4. The van der Waals surface area contributed by atoms with Crippen molar-refractivity contribution in [1.82, 2.24) is 14.9 Å². The monoisotopic (exact) mass is 396 g/mol. The summed E-state index contributed by atoms with van der Waals surface area (Å²) in [4.78, 5) is 25.6. The zero-order chi connectivity index (χ0) is 18.5. The number of halogens is 1. The topological polar surface area (TPSA) is 49.3 Å². The molecule has 1 aromatic rings. The van der Waals surface area contributed by atoms with Crippen molar-refractivity contribution in [3.05, 3.63) is 11.2 Å². The van der Waals surface area contributed by atoms with Crippen molar-refractivity contribution in [2.75, 3.05) is 30.8 Å². The molecule has 0 unspecified atom stereocenters. The van der Waals surface area contributed by atoms with Crippen LogP contribution in [0.5, 0.6) is 0 Å². The molecule has 7 heteroatoms. The van der Waals surface area contributed by atoms with Crippen LogP contribution in [0, 0.1) is 5.92 Å². The van der Waals surface area contributed by atoms with E-state index in [-0.39, 0.29) is 5.91 Å². The van der Waals surface area contributed by atoms with Gasteiger partial charge in [-0.25, -0.2) is 9.97 Å². The summed E-state index contributed by atoms with van der Waals surface area (Å²) >= 11 is 7.62. The minimum Gasteiger partial charge on any atom is -0.357 e. The van der Waals surface area contributed by atoms with Gasteiger partial charge in [0.25, 0.3) is 0 Å². The fourth-order valence-electron chi connectivity index (χ4n) is 3.76. The second-order valence-corrected chi connectivity index (χ2v) is 8.92. The molecule has 0 aromatic carbocycles. The highest BCUT2D eigenvalue weighted by Crippen LogP contribution is 2.28. The molecule has 3 rings (SSSR count). The van der Waals surface area contributed by atoms with E-state index >= 15 is 0 Å². The second kappa shape index (κ2) is 9.27. The van der Waals surface area contributed by atoms with Crippen LogP contribution in [0.25, 0.3) is 0 Å². The summed E-state index contributed by atoms with van der Waals surface area (Å²) in [6, 6.07) is 2.35. The summed E-state index contributed by atoms with van der Waals surface area (Å²) < 4.78 is 0. The standard InChI is InChI=1S/C19H29ClN4OS/c1-14-8-10-24(11-9-14)18(25)13-26-19-21-16(20)12-17(22-19)23(2)15-6-4-3-5-7-15/h12,14-15H,3-11,13H2,1-2H3. The number of hydrogen-bond acceptors (Lipinski definition) is 5. The van der Waals surface area contributed by atoms with Crippen LogP contribution < -0.4 is 4.90 Å². The van der Waals surface area contributed by atoms with Gasteiger partial charge in [0, 0.05) is 32.2 Å². The second-order valence-electron chi connectivity index (χ2n) is 7.59. The van der Waals surface area contributed by atoms with Gasteiger partial charge in [0.1, 0.15) is 11.0 Å². The molecular weight excluding hydrogens is 368 g/mol. The molecule has 2 fully saturated rings. The van der Waals surface area contributed by atoms with E-state index in [0.717, 1.165) is 37.7 Å². The lowest BCUT2D eigenvalue weighted by molar-refractivity contribution is -0.129. The van der Waals surface area contributed by atoms with E-state index < -0.39 is 0 Å². The summed E-state index contributed by atoms with van der Waals surface area (Å²) in [6.07, 6.45) is 8.48. The molecule has 1 aromatic heterocycles. The first-order valence-electron chi connectivity index (χ1n) is 9.71. The molecule has 5 nitrogen and oxygen atoms in total. The van der Waals surface area contributed by atoms with Crippen molar-refractivity contribution < 1.29 is 4.79 Å². The molecule has 0 radical (unpaired) electrons. The third-order valence-electron chi connectivity index (χ3n) is 5.61. The van der Waals surface area contributed by atoms with Crippen molar-refractivity contribution in [3.8, 4) is 0 Å². The molecular formula is C19H29ClN4OS. The summed E-state index contributed by atoms with van der Waals surface area (Å²) in [6.45, 7) is 3.99. The van der Waals surface area contributed by atoms with Gasteiger partial charge in [-0.15, -0.1) is 0 Å². The van der Waals surface area contributed by atoms with Gasteiger partial charge in [-0.1, -0.05) is 49.5 Å². The van der Waals surface area contributed by atoms with E-state index in [1.807, 2.05) is 11.0 Å². The van der Waals surface area contributed by atoms with Crippen LogP contribution in [0.1, 0.15) is 51.9 Å². The van der Waals surface area contributed by atoms with Gasteiger partial charge >= 0.3 is 0 Å². The lowest BCUT2D eigenvalue weighted by Crippen LogP contribution is -2.38. The van der Waals surface area contributed by atoms with Crippen LogP contribution >= 0.6 is 23.4 Å². The van der Waals surface area contributed by atoms with Gasteiger partial charge in [-0.3, -0.25) is 4.79 Å². The molecule has 2 heterocycles. The maximum atomic E-state index is 12.4. The molecule has 1 aliphatic heterocycles. The molecule has 1 aliphatic carbocycles. The molecule has 2 aliphatic rings. The third kappa shape index (κ3) is 5.26. The molecule has 1 saturated heterocycles. The number of thioether (sulfide) groups is 1. The Morgan fingerprint density at radius 2 is 1.92 bits per heavy atom. The number of piperidine rings is 1. The van der Waals surface area contributed by atoms with E-state index in [4.69, 9.17) is 11.6 Å². The first-order valence-corrected chi connectivity index (χ1v) is 11.1. The van der Waals surface area contributed by atoms with Crippen molar-refractivity contribution in [2.45, 2.75) is 63.1 Å². The first kappa shape index (κ1) is 19.7. The highest BCUT2D eigenvalue weighted by Gasteiger charge is 2.22. The van der Waals surface area contributed by atoms with Crippen LogP contribution in [0.4, 0.5) is 5.82 Å². The highest BCUT2D eigenvalue weighted by atomic mass is 35.5. The molecule has 0 bridgehead atoms. The number of aromatic nitrogens is 2. The van der Waals surface area contributed by atoms with Gasteiger partial charge < -0.3 is 9.80 Å². The Kier molecular flexibility index (Phi) is 7.04. The van der Waals surface area contributed by atoms with Gasteiger partial charge in [0.15, 0.2) is 5.16 Å². The van der Waals surface area contributed by atoms with E-state index in [0.29, 0.717) is 22.1 Å². The maximum Gasteiger partial charge on any atom is 0.233 e. The molecule has 26 heavy (non-hydrogen) atoms. The minimum absolute atomic E-state index is 0.174. The smallest absolute Gasteiger partial charge is 0.233 e. The number of hydrogen-bond donors (Lipinski definition) is 0. The predicted octanol–water partition coefficient (Wildman–Crippen LogP) is 4.25. The van der Waals surface area contributed by atoms with Gasteiger partial charge in [-0.05, 0) is 31.6 Å². The summed E-state index contributed by atoms with van der Waals surface area (Å²) in [5, 5.41) is 1.04. The fraction of sp³-hybridized carbons (Fsp3) is 0.737. The van der Waals surface area contributed by atoms with Gasteiger partial charge in [0.05, 0.1) is 5.75 Å². The number of amides is 1. The Bertz CT molecular complexity index is 616. The SMILES string of the molecule is CC1CCN(C(=O)CSc2nc(Cl)cc(N(C)C3CCCCC3)n2)CC1. The highest BCUT2D eigenvalue weighted by molar-refractivity contribution is 7.99. The number of carbonyl (C=O) groups excluding carboxylic acids is 1. The summed E-state index contributed by atoms with van der Waals surface area (Å²) in [5.74, 6) is 2.13. The largest absolute Gasteiger partial charge is 0.357 e. The summed E-state index contributed by atoms with van der Waals surface area (Å²) in [7, 11) is 2.09. The molecule has 144 valence electrons. The van der Waals surface area contributed by atoms with Crippen molar-refractivity contribution in [1.29, 1.82) is 0 Å². The maximum absolute atomic E-state index is 12.4. The summed E-state index contributed by atoms with van der Waals surface area (Å²) in [5.41, 5.74) is 0. The lowest BCUT2D eigenvalue weighted by atomic mass is 9.94. The van der Waals surface area contributed by atoms with Gasteiger partial charge in [-0.2, -0.15) is 0 Å². The van der Waals surface area contributed by atoms with E-state index in [9.17, 15) is 4.79 Å². The Hall–Kier alpha value is -1.01. The van der Waals surface area contributed by atoms with Crippen molar-refractivity contribution >= 4 is 35.1 Å². The number of anilines is 1. The van der Waals surface area contributed by atoms with E-state index in [1.54, 1.807) is 0 Å². The average Bonchev–Trinajstić information content (AvgIpc) is 2.66. The Balaban J connectivity index is 1.59. The molecule has 1 amide bonds. The lowest BCUT2D eigenvalue weighted by Gasteiger charge is -2.32. The Morgan fingerprint density at radius 1 is 1.23 bits per heavy atom. The zero-order valence-corrected chi connectivity index (χ0v) is 17.4. The minimum atomic E-state index is 0.174. The van der Waals surface area contributed by atoms with Crippen LogP contribution in [-0.4, -0.2) is 52.7 Å². The van der Waals surface area contributed by atoms with Crippen LogP contribution in [0.3, 0.4) is 0 Å². The van der Waals surface area contributed by atoms with Crippen LogP contribution in [-0.2, 0) is 4.79 Å². The number of rotatable bonds is 5. The fourth-order valence-corrected chi connectivity index (χ4v) is 4.75. The third-order valence-corrected chi connectivity index (χ3v) is 6.63. The van der Waals surface area contributed by atoms with Crippen LogP contribution in [0.2, 0.25) is 5.15 Å². The van der Waals surface area contributed by atoms with Crippen molar-refractivity contribution in [2.24, 2.45) is 5.92 Å². The van der Waals surface area contributed by atoms with Crippen molar-refractivity contribution in [3.63, 3.8) is 0 Å². The molecule has 0 spiro atoms. The molecule has 0 N–H and O–H groups in total. The zero-order valence-electron chi connectivity index (χ0n) is 15.8. The van der Waals surface area contributed by atoms with E-state index in [2.05, 4.69) is 28.8 Å². The number of likely N-dealkylation sites (tertiary alicyclic amines) is 1. The number of carbonyl (C=O) groups is 1. The average molecular weight is 397 g/mol. The Labute approximate surface area is 165 Å². The molecule has 1 saturated carbocycles. The van der Waals surface area contributed by atoms with Crippen LogP contribution in [0.15, 0.2) is 11.2 Å². The predicted molar refractivity (Wildman–Crippen MR) is 108 cm³/mol. The van der Waals surface area contributed by atoms with E-state index in [1.165, 1.54) is 43.9 Å². The van der Waals surface area contributed by atoms with Gasteiger partial charge in [0.2, 0.25) is 5.91 Å². The molecule has 0 atom stereocenters. The Morgan fingerprint density at radius 3 is 2.62 bits per heavy atom. The normalized spacial score (nSPS) is 19.6. The quantitative estimate of drug-likeness (QED) is 0.423.